The van der Waals surface area contributed by atoms with E-state index >= 15 is 0 Å². The summed E-state index contributed by atoms with van der Waals surface area (Å²) in [5, 5.41) is 2.08. The number of carbonyl (C=O) groups excluding carboxylic acids is 2. The number of aromatic nitrogens is 1. The number of carbonyl (C=O) groups is 2. The van der Waals surface area contributed by atoms with Crippen LogP contribution in [0.25, 0.3) is 10.8 Å². The molecular weight excluding hydrogens is 402 g/mol. The van der Waals surface area contributed by atoms with Crippen LogP contribution in [0, 0.1) is 0 Å². The van der Waals surface area contributed by atoms with Gasteiger partial charge in [0.25, 0.3) is 5.91 Å². The zero-order valence-corrected chi connectivity index (χ0v) is 19.3. The molecule has 0 N–H and O–H groups in total. The SMILES string of the molecule is CCCCN(Cc1cccn1C)C(=O)CN(CCOC)C(=O)c1ccc2ccccc2c1. The van der Waals surface area contributed by atoms with E-state index in [9.17, 15) is 9.59 Å². The minimum Gasteiger partial charge on any atom is -0.383 e. The van der Waals surface area contributed by atoms with Gasteiger partial charge in [-0.1, -0.05) is 43.7 Å². The van der Waals surface area contributed by atoms with Gasteiger partial charge in [0.1, 0.15) is 6.54 Å². The van der Waals surface area contributed by atoms with Crippen molar-refractivity contribution in [1.82, 2.24) is 14.4 Å². The molecular formula is C26H33N3O3. The molecule has 6 nitrogen and oxygen atoms in total. The summed E-state index contributed by atoms with van der Waals surface area (Å²) in [7, 11) is 3.58. The first-order valence-corrected chi connectivity index (χ1v) is 11.2. The zero-order chi connectivity index (χ0) is 22.9. The molecule has 3 rings (SSSR count). The number of fused-ring (bicyclic) bond motifs is 1. The zero-order valence-electron chi connectivity index (χ0n) is 19.3. The summed E-state index contributed by atoms with van der Waals surface area (Å²) < 4.78 is 7.24. The number of aryl methyl sites for hydroxylation is 1. The van der Waals surface area contributed by atoms with E-state index < -0.39 is 0 Å². The van der Waals surface area contributed by atoms with E-state index in [1.807, 2.05) is 77.3 Å². The maximum atomic E-state index is 13.3. The van der Waals surface area contributed by atoms with Gasteiger partial charge in [-0.25, -0.2) is 0 Å². The maximum absolute atomic E-state index is 13.3. The van der Waals surface area contributed by atoms with Gasteiger partial charge in [0.15, 0.2) is 0 Å². The normalized spacial score (nSPS) is 11.0. The Morgan fingerprint density at radius 1 is 0.969 bits per heavy atom. The van der Waals surface area contributed by atoms with Crippen LogP contribution in [-0.2, 0) is 23.1 Å². The molecule has 32 heavy (non-hydrogen) atoms. The van der Waals surface area contributed by atoms with E-state index in [1.165, 1.54) is 0 Å². The fraction of sp³-hybridized carbons (Fsp3) is 0.385. The molecule has 0 radical (unpaired) electrons. The van der Waals surface area contributed by atoms with E-state index in [-0.39, 0.29) is 18.4 Å². The average Bonchev–Trinajstić information content (AvgIpc) is 3.22. The number of methoxy groups -OCH3 is 1. The Morgan fingerprint density at radius 2 is 1.75 bits per heavy atom. The van der Waals surface area contributed by atoms with Crippen LogP contribution >= 0.6 is 0 Å². The lowest BCUT2D eigenvalue weighted by Gasteiger charge is -2.28. The Labute approximate surface area is 190 Å². The summed E-state index contributed by atoms with van der Waals surface area (Å²) in [6.45, 7) is 4.08. The van der Waals surface area contributed by atoms with Crippen LogP contribution in [0.3, 0.4) is 0 Å². The number of ether oxygens (including phenoxy) is 1. The summed E-state index contributed by atoms with van der Waals surface area (Å²) in [5.74, 6) is -0.208. The molecule has 0 saturated heterocycles. The van der Waals surface area contributed by atoms with Crippen molar-refractivity contribution in [1.29, 1.82) is 0 Å². The number of benzene rings is 2. The first-order valence-electron chi connectivity index (χ1n) is 11.2. The Morgan fingerprint density at radius 3 is 2.44 bits per heavy atom. The first kappa shape index (κ1) is 23.5. The van der Waals surface area contributed by atoms with Gasteiger partial charge in [-0.05, 0) is 41.5 Å². The second kappa shape index (κ2) is 11.5. The van der Waals surface area contributed by atoms with E-state index in [2.05, 4.69) is 6.92 Å². The molecule has 2 aromatic carbocycles. The molecule has 0 saturated carbocycles. The number of hydrogen-bond donors (Lipinski definition) is 0. The smallest absolute Gasteiger partial charge is 0.254 e. The lowest BCUT2D eigenvalue weighted by Crippen LogP contribution is -2.44. The quantitative estimate of drug-likeness (QED) is 0.456. The van der Waals surface area contributed by atoms with Crippen LogP contribution in [0.5, 0.6) is 0 Å². The second-order valence-electron chi connectivity index (χ2n) is 8.06. The van der Waals surface area contributed by atoms with Gasteiger partial charge in [-0.15, -0.1) is 0 Å². The van der Waals surface area contributed by atoms with E-state index in [0.717, 1.165) is 29.3 Å². The highest BCUT2D eigenvalue weighted by Gasteiger charge is 2.23. The minimum absolute atomic E-state index is 0.0309. The third kappa shape index (κ3) is 5.98. The lowest BCUT2D eigenvalue weighted by molar-refractivity contribution is -0.132. The topological polar surface area (TPSA) is 54.8 Å². The molecule has 2 amide bonds. The van der Waals surface area contributed by atoms with Crippen LogP contribution in [0.15, 0.2) is 60.8 Å². The van der Waals surface area contributed by atoms with Crippen LogP contribution in [-0.4, -0.2) is 59.5 Å². The Hall–Kier alpha value is -3.12. The average molecular weight is 436 g/mol. The van der Waals surface area contributed by atoms with Crippen molar-refractivity contribution in [2.24, 2.45) is 7.05 Å². The summed E-state index contributed by atoms with van der Waals surface area (Å²) in [6.07, 6.45) is 3.90. The lowest BCUT2D eigenvalue weighted by atomic mass is 10.1. The van der Waals surface area contributed by atoms with Crippen molar-refractivity contribution in [2.45, 2.75) is 26.3 Å². The monoisotopic (exact) mass is 435 g/mol. The van der Waals surface area contributed by atoms with Gasteiger partial charge in [0.05, 0.1) is 13.2 Å². The van der Waals surface area contributed by atoms with Crippen molar-refractivity contribution in [3.05, 3.63) is 72.1 Å². The molecule has 0 unspecified atom stereocenters. The number of unbranched alkanes of at least 4 members (excludes halogenated alkanes) is 1. The number of rotatable bonds is 11. The predicted octanol–water partition coefficient (Wildman–Crippen LogP) is 4.10. The highest BCUT2D eigenvalue weighted by Crippen LogP contribution is 2.17. The van der Waals surface area contributed by atoms with Gasteiger partial charge >= 0.3 is 0 Å². The number of nitrogens with zero attached hydrogens (tertiary/aromatic N) is 3. The Bertz CT molecular complexity index is 1040. The molecule has 170 valence electrons. The molecule has 0 bridgehead atoms. The number of amides is 2. The molecule has 0 fully saturated rings. The van der Waals surface area contributed by atoms with Gasteiger partial charge in [0.2, 0.25) is 5.91 Å². The summed E-state index contributed by atoms with van der Waals surface area (Å²) in [6, 6.07) is 17.6. The molecule has 0 aliphatic rings. The second-order valence-corrected chi connectivity index (χ2v) is 8.06. The molecule has 1 heterocycles. The Balaban J connectivity index is 1.78. The van der Waals surface area contributed by atoms with E-state index in [4.69, 9.17) is 4.74 Å². The fourth-order valence-electron chi connectivity index (χ4n) is 3.72. The molecule has 0 aliphatic heterocycles. The van der Waals surface area contributed by atoms with Crippen LogP contribution in [0.1, 0.15) is 35.8 Å². The van der Waals surface area contributed by atoms with Crippen LogP contribution in [0.2, 0.25) is 0 Å². The van der Waals surface area contributed by atoms with Gasteiger partial charge in [-0.3, -0.25) is 9.59 Å². The maximum Gasteiger partial charge on any atom is 0.254 e. The molecule has 1 aromatic heterocycles. The van der Waals surface area contributed by atoms with Gasteiger partial charge in [-0.2, -0.15) is 0 Å². The fourth-order valence-corrected chi connectivity index (χ4v) is 3.72. The largest absolute Gasteiger partial charge is 0.383 e. The Kier molecular flexibility index (Phi) is 8.45. The highest BCUT2D eigenvalue weighted by atomic mass is 16.5. The third-order valence-electron chi connectivity index (χ3n) is 5.71. The van der Waals surface area contributed by atoms with Crippen LogP contribution < -0.4 is 0 Å². The van der Waals surface area contributed by atoms with Crippen LogP contribution in [0.4, 0.5) is 0 Å². The minimum atomic E-state index is -0.157. The highest BCUT2D eigenvalue weighted by molar-refractivity contribution is 6.00. The summed E-state index contributed by atoms with van der Waals surface area (Å²) in [4.78, 5) is 30.1. The molecule has 3 aromatic rings. The predicted molar refractivity (Wildman–Crippen MR) is 127 cm³/mol. The van der Waals surface area contributed by atoms with Crippen molar-refractivity contribution in [3.8, 4) is 0 Å². The molecule has 0 atom stereocenters. The van der Waals surface area contributed by atoms with Crippen molar-refractivity contribution >= 4 is 22.6 Å². The van der Waals surface area contributed by atoms with Gasteiger partial charge in [0, 0.05) is 44.7 Å². The summed E-state index contributed by atoms with van der Waals surface area (Å²) >= 11 is 0. The molecule has 0 aliphatic carbocycles. The van der Waals surface area contributed by atoms with Gasteiger partial charge < -0.3 is 19.1 Å². The van der Waals surface area contributed by atoms with E-state index in [0.29, 0.717) is 31.8 Å². The van der Waals surface area contributed by atoms with Crippen molar-refractivity contribution < 1.29 is 14.3 Å². The van der Waals surface area contributed by atoms with Crippen molar-refractivity contribution in [3.63, 3.8) is 0 Å². The molecule has 6 heteroatoms. The molecule has 0 spiro atoms. The third-order valence-corrected chi connectivity index (χ3v) is 5.71. The number of hydrogen-bond acceptors (Lipinski definition) is 3. The van der Waals surface area contributed by atoms with E-state index in [1.54, 1.807) is 12.0 Å². The standard InChI is InChI=1S/C26H33N3O3/c1-4-5-15-28(19-24-11-8-14-27(24)2)25(30)20-29(16-17-32-3)26(31)23-13-12-21-9-6-7-10-22(21)18-23/h6-14,18H,4-5,15-17,19-20H2,1-3H3. The van der Waals surface area contributed by atoms with Crippen molar-refractivity contribution in [2.75, 3.05) is 33.4 Å². The summed E-state index contributed by atoms with van der Waals surface area (Å²) in [5.41, 5.74) is 1.65. The first-order chi connectivity index (χ1) is 15.5.